The lowest BCUT2D eigenvalue weighted by molar-refractivity contribution is -0.138. The van der Waals surface area contributed by atoms with Gasteiger partial charge < -0.3 is 14.8 Å². The molecule has 1 fully saturated rings. The maximum Gasteiger partial charge on any atom is 0.256 e. The summed E-state index contributed by atoms with van der Waals surface area (Å²) in [5.74, 6) is 0.744. The first-order chi connectivity index (χ1) is 9.10. The van der Waals surface area contributed by atoms with Gasteiger partial charge in [-0.1, -0.05) is 0 Å². The van der Waals surface area contributed by atoms with Gasteiger partial charge in [0.15, 0.2) is 0 Å². The van der Waals surface area contributed by atoms with Crippen LogP contribution in [0.4, 0.5) is 5.69 Å². The second-order valence-corrected chi connectivity index (χ2v) is 4.86. The average molecular weight is 264 g/mol. The molecule has 1 aromatic rings. The van der Waals surface area contributed by atoms with Crippen molar-refractivity contribution in [3.63, 3.8) is 0 Å². The zero-order valence-electron chi connectivity index (χ0n) is 11.6. The molecule has 1 unspecified atom stereocenters. The van der Waals surface area contributed by atoms with Crippen molar-refractivity contribution in [3.8, 4) is 5.88 Å². The van der Waals surface area contributed by atoms with Crippen LogP contribution in [0.3, 0.4) is 0 Å². The zero-order chi connectivity index (χ0) is 13.9. The number of anilines is 1. The summed E-state index contributed by atoms with van der Waals surface area (Å²) in [6.45, 7) is 4.31. The Bertz CT molecular complexity index is 443. The normalized spacial score (nSPS) is 17.6. The van der Waals surface area contributed by atoms with Gasteiger partial charge >= 0.3 is 0 Å². The van der Waals surface area contributed by atoms with E-state index in [1.165, 1.54) is 0 Å². The Labute approximate surface area is 113 Å². The summed E-state index contributed by atoms with van der Waals surface area (Å²) >= 11 is 0. The van der Waals surface area contributed by atoms with Crippen LogP contribution in [0.2, 0.25) is 0 Å². The number of carbonyl (C=O) groups excluding carboxylic acids is 1. The van der Waals surface area contributed by atoms with Crippen LogP contribution in [0.5, 0.6) is 5.88 Å². The number of aromatic nitrogens is 1. The van der Waals surface area contributed by atoms with E-state index in [0.717, 1.165) is 12.8 Å². The fourth-order valence-corrected chi connectivity index (χ4v) is 2.02. The SMILES string of the molecule is CCOc1ccc(NC(=O)C(C)(OC)C2CC2)cn1. The van der Waals surface area contributed by atoms with E-state index in [4.69, 9.17) is 9.47 Å². The molecule has 0 bridgehead atoms. The van der Waals surface area contributed by atoms with Crippen LogP contribution >= 0.6 is 0 Å². The first-order valence-corrected chi connectivity index (χ1v) is 6.55. The second-order valence-electron chi connectivity index (χ2n) is 4.86. The van der Waals surface area contributed by atoms with Crippen molar-refractivity contribution in [2.75, 3.05) is 19.0 Å². The highest BCUT2D eigenvalue weighted by Gasteiger charge is 2.47. The molecule has 0 saturated heterocycles. The van der Waals surface area contributed by atoms with Crippen LogP contribution in [-0.2, 0) is 9.53 Å². The molecule has 0 spiro atoms. The zero-order valence-corrected chi connectivity index (χ0v) is 11.6. The largest absolute Gasteiger partial charge is 0.478 e. The van der Waals surface area contributed by atoms with Crippen LogP contribution < -0.4 is 10.1 Å². The van der Waals surface area contributed by atoms with Crippen LogP contribution in [0.1, 0.15) is 26.7 Å². The van der Waals surface area contributed by atoms with Gasteiger partial charge in [-0.25, -0.2) is 4.98 Å². The molecule has 1 aliphatic carbocycles. The van der Waals surface area contributed by atoms with Crippen molar-refractivity contribution in [2.24, 2.45) is 5.92 Å². The molecule has 19 heavy (non-hydrogen) atoms. The van der Waals surface area contributed by atoms with Crippen molar-refractivity contribution < 1.29 is 14.3 Å². The Hall–Kier alpha value is -1.62. The van der Waals surface area contributed by atoms with Crippen LogP contribution in [0, 0.1) is 5.92 Å². The van der Waals surface area contributed by atoms with E-state index < -0.39 is 5.60 Å². The van der Waals surface area contributed by atoms with E-state index in [-0.39, 0.29) is 5.91 Å². The van der Waals surface area contributed by atoms with Gasteiger partial charge in [-0.2, -0.15) is 0 Å². The topological polar surface area (TPSA) is 60.5 Å². The van der Waals surface area contributed by atoms with Gasteiger partial charge in [0.2, 0.25) is 5.88 Å². The molecular weight excluding hydrogens is 244 g/mol. The van der Waals surface area contributed by atoms with E-state index in [1.54, 1.807) is 25.4 Å². The molecule has 1 aliphatic rings. The minimum absolute atomic E-state index is 0.122. The Balaban J connectivity index is 2.01. The number of rotatable bonds is 6. The molecule has 0 aliphatic heterocycles. The first kappa shape index (κ1) is 13.8. The first-order valence-electron chi connectivity index (χ1n) is 6.55. The monoisotopic (exact) mass is 264 g/mol. The molecule has 1 heterocycles. The van der Waals surface area contributed by atoms with Gasteiger partial charge in [-0.3, -0.25) is 4.79 Å². The predicted molar refractivity (Wildman–Crippen MR) is 72.2 cm³/mol. The summed E-state index contributed by atoms with van der Waals surface area (Å²) in [5.41, 5.74) is -0.101. The fraction of sp³-hybridized carbons (Fsp3) is 0.571. The van der Waals surface area contributed by atoms with Crippen molar-refractivity contribution in [1.82, 2.24) is 4.98 Å². The minimum Gasteiger partial charge on any atom is -0.478 e. The number of nitrogens with one attached hydrogen (secondary N) is 1. The molecule has 1 amide bonds. The summed E-state index contributed by atoms with van der Waals surface area (Å²) in [5, 5.41) is 2.84. The molecule has 1 atom stereocenters. The molecule has 1 saturated carbocycles. The Morgan fingerprint density at radius 2 is 2.26 bits per heavy atom. The molecule has 0 aromatic carbocycles. The number of carbonyl (C=O) groups is 1. The number of hydrogen-bond donors (Lipinski definition) is 1. The average Bonchev–Trinajstić information content (AvgIpc) is 3.25. The van der Waals surface area contributed by atoms with Crippen LogP contribution in [-0.4, -0.2) is 30.2 Å². The van der Waals surface area contributed by atoms with Crippen molar-refractivity contribution in [3.05, 3.63) is 18.3 Å². The third kappa shape index (κ3) is 3.04. The second kappa shape index (κ2) is 5.57. The predicted octanol–water partition coefficient (Wildman–Crippen LogP) is 2.23. The van der Waals surface area contributed by atoms with E-state index in [1.807, 2.05) is 13.8 Å². The molecule has 0 radical (unpaired) electrons. The number of methoxy groups -OCH3 is 1. The Morgan fingerprint density at radius 3 is 2.74 bits per heavy atom. The van der Waals surface area contributed by atoms with E-state index in [2.05, 4.69) is 10.3 Å². The van der Waals surface area contributed by atoms with Gasteiger partial charge in [-0.15, -0.1) is 0 Å². The molecule has 5 nitrogen and oxygen atoms in total. The van der Waals surface area contributed by atoms with Gasteiger partial charge in [0.1, 0.15) is 5.60 Å². The summed E-state index contributed by atoms with van der Waals surface area (Å²) in [7, 11) is 1.58. The standard InChI is InChI=1S/C14H20N2O3/c1-4-19-12-8-7-11(9-15-12)16-13(17)14(2,18-3)10-5-6-10/h7-10H,4-6H2,1-3H3,(H,16,17). The number of nitrogens with zero attached hydrogens (tertiary/aromatic N) is 1. The number of ether oxygens (including phenoxy) is 2. The highest BCUT2D eigenvalue weighted by molar-refractivity contribution is 5.97. The maximum absolute atomic E-state index is 12.3. The summed E-state index contributed by atoms with van der Waals surface area (Å²) in [6, 6.07) is 3.51. The van der Waals surface area contributed by atoms with Gasteiger partial charge in [0, 0.05) is 13.2 Å². The lowest BCUT2D eigenvalue weighted by atomic mass is 9.99. The quantitative estimate of drug-likeness (QED) is 0.856. The fourth-order valence-electron chi connectivity index (χ4n) is 2.02. The molecule has 5 heteroatoms. The Morgan fingerprint density at radius 1 is 1.53 bits per heavy atom. The van der Waals surface area contributed by atoms with Crippen molar-refractivity contribution in [2.45, 2.75) is 32.3 Å². The van der Waals surface area contributed by atoms with Crippen molar-refractivity contribution >= 4 is 11.6 Å². The van der Waals surface area contributed by atoms with Gasteiger partial charge in [0.05, 0.1) is 18.5 Å². The van der Waals surface area contributed by atoms with E-state index in [0.29, 0.717) is 24.1 Å². The smallest absolute Gasteiger partial charge is 0.256 e. The third-order valence-corrected chi connectivity index (χ3v) is 3.52. The lowest BCUT2D eigenvalue weighted by Crippen LogP contribution is -2.44. The minimum atomic E-state index is -0.751. The van der Waals surface area contributed by atoms with E-state index >= 15 is 0 Å². The van der Waals surface area contributed by atoms with Crippen LogP contribution in [0.15, 0.2) is 18.3 Å². The summed E-state index contributed by atoms with van der Waals surface area (Å²) in [6.07, 6.45) is 3.67. The summed E-state index contributed by atoms with van der Waals surface area (Å²) < 4.78 is 10.7. The lowest BCUT2D eigenvalue weighted by Gasteiger charge is -2.26. The highest BCUT2D eigenvalue weighted by Crippen LogP contribution is 2.42. The maximum atomic E-state index is 12.3. The number of pyridine rings is 1. The highest BCUT2D eigenvalue weighted by atomic mass is 16.5. The van der Waals surface area contributed by atoms with Crippen molar-refractivity contribution in [1.29, 1.82) is 0 Å². The number of hydrogen-bond acceptors (Lipinski definition) is 4. The molecular formula is C14H20N2O3. The molecule has 2 rings (SSSR count). The molecule has 1 N–H and O–H groups in total. The van der Waals surface area contributed by atoms with E-state index in [9.17, 15) is 4.79 Å². The summed E-state index contributed by atoms with van der Waals surface area (Å²) in [4.78, 5) is 16.4. The van der Waals surface area contributed by atoms with Gasteiger partial charge in [0.25, 0.3) is 5.91 Å². The Kier molecular flexibility index (Phi) is 4.04. The number of amides is 1. The third-order valence-electron chi connectivity index (χ3n) is 3.52. The van der Waals surface area contributed by atoms with Gasteiger partial charge in [-0.05, 0) is 38.7 Å². The molecule has 1 aromatic heterocycles. The molecule has 104 valence electrons. The van der Waals surface area contributed by atoms with Crippen LogP contribution in [0.25, 0.3) is 0 Å².